The minimum absolute atomic E-state index is 0. The van der Waals surface area contributed by atoms with E-state index in [2.05, 4.69) is 120 Å². The van der Waals surface area contributed by atoms with E-state index in [-0.39, 0.29) is 62.2 Å². The van der Waals surface area contributed by atoms with Gasteiger partial charge in [-0.1, -0.05) is 33.5 Å². The third kappa shape index (κ3) is 31.7. The van der Waals surface area contributed by atoms with Crippen molar-refractivity contribution in [1.29, 1.82) is 0 Å². The number of likely N-dealkylation sites (N-methyl/N-ethyl adjacent to an activating group) is 2. The van der Waals surface area contributed by atoms with Gasteiger partial charge in [-0.05, 0) is 77.8 Å². The van der Waals surface area contributed by atoms with E-state index in [1.807, 2.05) is 39.8 Å². The molecule has 0 saturated carbocycles. The van der Waals surface area contributed by atoms with Crippen LogP contribution in [0, 0.1) is 89.9 Å². The Bertz CT molecular complexity index is 983. The van der Waals surface area contributed by atoms with Crippen LogP contribution in [0.1, 0.15) is 92.4 Å². The van der Waals surface area contributed by atoms with E-state index in [4.69, 9.17) is 0 Å². The minimum Gasteiger partial charge on any atom is -0.382 e. The van der Waals surface area contributed by atoms with E-state index in [1.165, 1.54) is 135 Å². The van der Waals surface area contributed by atoms with Crippen LogP contribution in [0.4, 0.5) is 0 Å². The molecular formula is C43H94N9P2U2+5. The molecule has 56 heavy (non-hydrogen) atoms. The fourth-order valence-electron chi connectivity index (χ4n) is 6.06. The van der Waals surface area contributed by atoms with Gasteiger partial charge in [-0.25, -0.2) is 4.67 Å². The number of nitrogens with zero attached hydrogens (tertiary/aromatic N) is 9. The van der Waals surface area contributed by atoms with Gasteiger partial charge < -0.3 is 37.5 Å². The Morgan fingerprint density at radius 1 is 0.732 bits per heavy atom. The standard InChI is InChI=1S/2C10H19N2.C6H13N2.2C5H12NP.C5H11N.C2H6.2U/c1-10(11-6-2-3-7-11)12-8-4-5-9-12;1-3-11(4-2)10-12-8-6-5-7-9-12;1-6-7(2)4-5-8(6)3;1-7-6-4-2-3-5-6;1-4-6(5-2)7-3;1-5(2)6(3)4;1-2;;/h2-9H2,1H3;10H,1-9H2;4-5H2,1-3H3;7H,2-5H2,1H3;7H,1-2,4-5H2,3H3;1H2,2-4H3;1-2H3;;/q+1;-1;+1;;-2;;;2*+2/p+2. The van der Waals surface area contributed by atoms with Gasteiger partial charge in [-0.2, -0.15) is 4.67 Å². The van der Waals surface area contributed by atoms with E-state index in [0.717, 1.165) is 31.9 Å². The molecule has 0 radical (unpaired) electrons. The third-order valence-electron chi connectivity index (χ3n) is 10.5. The van der Waals surface area contributed by atoms with Crippen LogP contribution in [0.2, 0.25) is 0 Å². The number of hydrogen-bond acceptors (Lipinski definition) is 4. The number of likely N-dealkylation sites (tertiary alicyclic amines) is 1. The molecule has 0 amide bonds. The van der Waals surface area contributed by atoms with E-state index in [9.17, 15) is 0 Å². The topological polar surface area (TPSA) is 28.5 Å². The smallest absolute Gasteiger partial charge is 0.382 e. The summed E-state index contributed by atoms with van der Waals surface area (Å²) >= 11 is 0. The van der Waals surface area contributed by atoms with Crippen molar-refractivity contribution in [2.45, 2.75) is 92.4 Å². The summed E-state index contributed by atoms with van der Waals surface area (Å²) in [5.41, 5.74) is 1.09. The number of piperidine rings is 1. The number of amidine groups is 2. The van der Waals surface area contributed by atoms with Gasteiger partial charge in [-0.15, -0.1) is 0 Å². The minimum atomic E-state index is 0. The summed E-state index contributed by atoms with van der Waals surface area (Å²) in [5, 5.41) is 0. The zero-order valence-electron chi connectivity index (χ0n) is 39.1. The molecule has 2 unspecified atom stereocenters. The Morgan fingerprint density at radius 2 is 1.18 bits per heavy atom. The van der Waals surface area contributed by atoms with Gasteiger partial charge in [0.05, 0.1) is 75.4 Å². The summed E-state index contributed by atoms with van der Waals surface area (Å²) in [5.74, 6) is 2.91. The van der Waals surface area contributed by atoms with Crippen LogP contribution < -0.4 is 0 Å². The van der Waals surface area contributed by atoms with Gasteiger partial charge in [-0.3, -0.25) is 23.5 Å². The molecule has 0 aliphatic carbocycles. The van der Waals surface area contributed by atoms with Crippen molar-refractivity contribution in [3.05, 3.63) is 40.0 Å². The molecule has 5 aliphatic heterocycles. The molecule has 5 aliphatic rings. The van der Waals surface area contributed by atoms with Crippen molar-refractivity contribution < 1.29 is 76.0 Å². The molecule has 0 aromatic rings. The molecule has 13 heteroatoms. The second-order valence-electron chi connectivity index (χ2n) is 14.5. The molecule has 5 rings (SSSR count). The van der Waals surface area contributed by atoms with Crippen LogP contribution >= 0.6 is 17.5 Å². The number of allylic oxidation sites excluding steroid dienone is 1. The zero-order chi connectivity index (χ0) is 41.3. The maximum absolute atomic E-state index is 3.85. The van der Waals surface area contributed by atoms with Gasteiger partial charge in [0.1, 0.15) is 13.1 Å². The van der Waals surface area contributed by atoms with E-state index < -0.39 is 0 Å². The molecule has 5 heterocycles. The first-order chi connectivity index (χ1) is 25.9. The van der Waals surface area contributed by atoms with Crippen LogP contribution in [-0.4, -0.2) is 194 Å². The Kier molecular flexibility index (Phi) is 48.2. The summed E-state index contributed by atoms with van der Waals surface area (Å²) in [4.78, 5) is 8.93. The zero-order valence-corrected chi connectivity index (χ0v) is 49.7. The van der Waals surface area contributed by atoms with Crippen molar-refractivity contribution in [2.24, 2.45) is 0 Å². The first-order valence-corrected chi connectivity index (χ1v) is 24.7. The van der Waals surface area contributed by atoms with Gasteiger partial charge in [0.15, 0.2) is 0 Å². The molecule has 0 aromatic carbocycles. The SMILES string of the molecule is C=C(C)N(C)C.CC.CC(N1CCCC1)=[N+]1CCCC1.CC1=[N+](C)CCN1C.C[PH2+]N1CCCC1.[CH2-]CN(C=[N+]1CCCCC1)C[CH2-].[CH2-]CN(C[CH2-])[PH2+]C.[U+2].[U+2]. The van der Waals surface area contributed by atoms with Crippen LogP contribution in [0.25, 0.3) is 0 Å². The molecular weight excluding hydrogens is 1180 g/mol. The van der Waals surface area contributed by atoms with Crippen LogP contribution in [0.5, 0.6) is 0 Å². The summed E-state index contributed by atoms with van der Waals surface area (Å²) in [6.45, 7) is 49.9. The quantitative estimate of drug-likeness (QED) is 0.119. The molecule has 0 bridgehead atoms. The summed E-state index contributed by atoms with van der Waals surface area (Å²) in [7, 11) is 9.28. The second kappa shape index (κ2) is 42.5. The third-order valence-corrected chi connectivity index (χ3v) is 13.0. The van der Waals surface area contributed by atoms with Gasteiger partial charge in [0.2, 0.25) is 18.0 Å². The van der Waals surface area contributed by atoms with Crippen molar-refractivity contribution >= 4 is 35.5 Å². The molecule has 2 atom stereocenters. The molecule has 324 valence electrons. The second-order valence-corrected chi connectivity index (χ2v) is 17.0. The van der Waals surface area contributed by atoms with Gasteiger partial charge >= 0.3 is 62.2 Å². The Labute approximate surface area is 402 Å². The van der Waals surface area contributed by atoms with Gasteiger partial charge in [0.25, 0.3) is 0 Å². The van der Waals surface area contributed by atoms with Crippen molar-refractivity contribution in [1.82, 2.24) is 28.9 Å². The average Bonchev–Trinajstić information content (AvgIpc) is 4.06. The Hall–Kier alpha value is 0.834. The van der Waals surface area contributed by atoms with Crippen molar-refractivity contribution in [3.63, 3.8) is 0 Å². The first-order valence-electron chi connectivity index (χ1n) is 21.4. The predicted molar refractivity (Wildman–Crippen MR) is 251 cm³/mol. The van der Waals surface area contributed by atoms with Crippen LogP contribution in [-0.2, 0) is 0 Å². The van der Waals surface area contributed by atoms with E-state index in [1.54, 1.807) is 0 Å². The first kappa shape index (κ1) is 63.5. The monoisotopic (exact) mass is 1270 g/mol. The maximum Gasteiger partial charge on any atom is 2.00 e. The van der Waals surface area contributed by atoms with Crippen LogP contribution in [0.15, 0.2) is 12.3 Å². The van der Waals surface area contributed by atoms with E-state index in [0.29, 0.717) is 17.5 Å². The molecule has 4 fully saturated rings. The summed E-state index contributed by atoms with van der Waals surface area (Å²) in [6, 6.07) is 0. The molecule has 0 N–H and O–H groups in total. The summed E-state index contributed by atoms with van der Waals surface area (Å²) < 4.78 is 12.0. The average molecular weight is 1280 g/mol. The fourth-order valence-corrected chi connectivity index (χ4v) is 7.46. The number of rotatable bonds is 8. The molecule has 0 aromatic heterocycles. The molecule has 9 nitrogen and oxygen atoms in total. The normalized spacial score (nSPS) is 17.4. The Morgan fingerprint density at radius 3 is 1.46 bits per heavy atom. The molecule has 0 spiro atoms. The van der Waals surface area contributed by atoms with Gasteiger partial charge in [0, 0.05) is 55.5 Å². The summed E-state index contributed by atoms with van der Waals surface area (Å²) in [6.07, 6.45) is 14.7. The maximum atomic E-state index is 3.85. The van der Waals surface area contributed by atoms with Crippen LogP contribution in [0.3, 0.4) is 0 Å². The Balaban J connectivity index is -0.000000291. The van der Waals surface area contributed by atoms with Crippen molar-refractivity contribution in [3.8, 4) is 0 Å². The van der Waals surface area contributed by atoms with E-state index >= 15 is 0 Å². The fraction of sp³-hybridized carbons (Fsp3) is 0.791. The van der Waals surface area contributed by atoms with Crippen molar-refractivity contribution in [2.75, 3.05) is 133 Å². The molecule has 4 saturated heterocycles. The largest absolute Gasteiger partial charge is 2.00 e. The predicted octanol–water partition coefficient (Wildman–Crippen LogP) is 6.54. The number of hydrogen-bond donors (Lipinski definition) is 0.